The predicted octanol–water partition coefficient (Wildman–Crippen LogP) is 0.775. The Kier molecular flexibility index (Phi) is 4.38. The minimum absolute atomic E-state index is 0.299. The zero-order valence-electron chi connectivity index (χ0n) is 11.2. The molecule has 1 saturated heterocycles. The number of nitriles is 1. The summed E-state index contributed by atoms with van der Waals surface area (Å²) < 4.78 is 38.0. The average molecular weight is 297 g/mol. The zero-order valence-corrected chi connectivity index (χ0v) is 12.0. The normalized spacial score (nSPS) is 17.9. The number of piperazine rings is 1. The monoisotopic (exact) mass is 297 g/mol. The number of benzene rings is 1. The highest BCUT2D eigenvalue weighted by molar-refractivity contribution is 7.88. The maximum absolute atomic E-state index is 13.8. The largest absolute Gasteiger partial charge is 0.296 e. The summed E-state index contributed by atoms with van der Waals surface area (Å²) in [6.07, 6.45) is 1.20. The number of nitrogens with zero attached hydrogens (tertiary/aromatic N) is 3. The van der Waals surface area contributed by atoms with E-state index >= 15 is 0 Å². The molecule has 1 aromatic carbocycles. The molecule has 1 heterocycles. The first-order valence-electron chi connectivity index (χ1n) is 6.26. The van der Waals surface area contributed by atoms with Crippen molar-refractivity contribution in [3.05, 3.63) is 35.1 Å². The molecule has 7 heteroatoms. The molecule has 0 aliphatic carbocycles. The van der Waals surface area contributed by atoms with Gasteiger partial charge < -0.3 is 0 Å². The second-order valence-corrected chi connectivity index (χ2v) is 6.84. The Hall–Kier alpha value is -1.49. The number of hydrogen-bond acceptors (Lipinski definition) is 4. The van der Waals surface area contributed by atoms with E-state index in [1.807, 2.05) is 11.0 Å². The van der Waals surface area contributed by atoms with E-state index in [1.54, 1.807) is 12.1 Å². The second kappa shape index (κ2) is 5.87. The minimum atomic E-state index is -3.14. The van der Waals surface area contributed by atoms with Crippen LogP contribution in [0.3, 0.4) is 0 Å². The van der Waals surface area contributed by atoms with E-state index < -0.39 is 15.8 Å². The third-order valence-corrected chi connectivity index (χ3v) is 4.68. The quantitative estimate of drug-likeness (QED) is 0.827. The van der Waals surface area contributed by atoms with Crippen LogP contribution in [0.15, 0.2) is 18.2 Å². The van der Waals surface area contributed by atoms with Gasteiger partial charge in [-0.05, 0) is 12.1 Å². The molecule has 20 heavy (non-hydrogen) atoms. The van der Waals surface area contributed by atoms with Gasteiger partial charge in [0.2, 0.25) is 10.0 Å². The van der Waals surface area contributed by atoms with Crippen molar-refractivity contribution >= 4 is 10.0 Å². The number of hydrogen-bond donors (Lipinski definition) is 0. The van der Waals surface area contributed by atoms with Gasteiger partial charge in [0.15, 0.2) is 0 Å². The van der Waals surface area contributed by atoms with Crippen LogP contribution in [0, 0.1) is 17.1 Å². The molecule has 0 radical (unpaired) electrons. The molecule has 1 aliphatic rings. The van der Waals surface area contributed by atoms with Crippen molar-refractivity contribution in [1.29, 1.82) is 5.26 Å². The van der Waals surface area contributed by atoms with E-state index in [4.69, 9.17) is 5.26 Å². The Morgan fingerprint density at radius 2 is 1.95 bits per heavy atom. The first-order valence-corrected chi connectivity index (χ1v) is 8.11. The molecule has 0 N–H and O–H groups in total. The SMILES string of the molecule is CS(=O)(=O)N1CCN(Cc2ccc(C#N)cc2F)CC1. The fourth-order valence-corrected chi connectivity index (χ4v) is 3.03. The molecule has 1 fully saturated rings. The molecule has 0 saturated carbocycles. The maximum Gasteiger partial charge on any atom is 0.211 e. The van der Waals surface area contributed by atoms with Gasteiger partial charge in [0.25, 0.3) is 0 Å². The third kappa shape index (κ3) is 3.54. The van der Waals surface area contributed by atoms with Crippen molar-refractivity contribution in [2.24, 2.45) is 0 Å². The van der Waals surface area contributed by atoms with Crippen molar-refractivity contribution in [1.82, 2.24) is 9.21 Å². The molecule has 0 atom stereocenters. The van der Waals surface area contributed by atoms with E-state index in [-0.39, 0.29) is 0 Å². The van der Waals surface area contributed by atoms with E-state index in [1.165, 1.54) is 16.6 Å². The lowest BCUT2D eigenvalue weighted by atomic mass is 10.1. The number of rotatable bonds is 3. The second-order valence-electron chi connectivity index (χ2n) is 4.86. The maximum atomic E-state index is 13.8. The first kappa shape index (κ1) is 14.9. The summed E-state index contributed by atoms with van der Waals surface area (Å²) in [5.74, 6) is -0.394. The Labute approximate surface area is 118 Å². The zero-order chi connectivity index (χ0) is 14.8. The minimum Gasteiger partial charge on any atom is -0.296 e. The third-order valence-electron chi connectivity index (χ3n) is 3.38. The van der Waals surface area contributed by atoms with E-state index in [2.05, 4.69) is 0 Å². The van der Waals surface area contributed by atoms with Crippen molar-refractivity contribution in [3.8, 4) is 6.07 Å². The number of halogens is 1. The summed E-state index contributed by atoms with van der Waals surface area (Å²) in [4.78, 5) is 2.01. The van der Waals surface area contributed by atoms with Crippen molar-refractivity contribution in [2.75, 3.05) is 32.4 Å². The highest BCUT2D eigenvalue weighted by Crippen LogP contribution is 2.14. The fourth-order valence-electron chi connectivity index (χ4n) is 2.21. The van der Waals surface area contributed by atoms with Gasteiger partial charge >= 0.3 is 0 Å². The van der Waals surface area contributed by atoms with Crippen LogP contribution >= 0.6 is 0 Å². The van der Waals surface area contributed by atoms with Gasteiger partial charge in [0.1, 0.15) is 5.82 Å². The Bertz CT molecular complexity index is 632. The molecular formula is C13H16FN3O2S. The molecule has 0 bridgehead atoms. The summed E-state index contributed by atoms with van der Waals surface area (Å²) in [5.41, 5.74) is 0.824. The van der Waals surface area contributed by atoms with Gasteiger partial charge in [-0.3, -0.25) is 4.90 Å². The van der Waals surface area contributed by atoms with Crippen LogP contribution in [0.4, 0.5) is 4.39 Å². The molecule has 0 aromatic heterocycles. The van der Waals surface area contributed by atoms with Crippen LogP contribution < -0.4 is 0 Å². The molecule has 0 spiro atoms. The van der Waals surface area contributed by atoms with Crippen LogP contribution in [0.25, 0.3) is 0 Å². The summed E-state index contributed by atoms with van der Waals surface area (Å²) >= 11 is 0. The lowest BCUT2D eigenvalue weighted by Gasteiger charge is -2.33. The average Bonchev–Trinajstić information content (AvgIpc) is 2.40. The molecule has 1 aliphatic heterocycles. The Morgan fingerprint density at radius 1 is 1.30 bits per heavy atom. The summed E-state index contributed by atoms with van der Waals surface area (Å²) in [6, 6.07) is 6.31. The van der Waals surface area contributed by atoms with Gasteiger partial charge in [-0.1, -0.05) is 6.07 Å². The highest BCUT2D eigenvalue weighted by atomic mass is 32.2. The van der Waals surface area contributed by atoms with Gasteiger partial charge in [-0.15, -0.1) is 0 Å². The van der Waals surface area contributed by atoms with Crippen LogP contribution in [0.5, 0.6) is 0 Å². The molecule has 0 amide bonds. The smallest absolute Gasteiger partial charge is 0.211 e. The Morgan fingerprint density at radius 3 is 2.45 bits per heavy atom. The van der Waals surface area contributed by atoms with E-state index in [9.17, 15) is 12.8 Å². The lowest BCUT2D eigenvalue weighted by Crippen LogP contribution is -2.47. The summed E-state index contributed by atoms with van der Waals surface area (Å²) in [7, 11) is -3.14. The highest BCUT2D eigenvalue weighted by Gasteiger charge is 2.23. The standard InChI is InChI=1S/C13H16FN3O2S/c1-20(18,19)17-6-4-16(5-7-17)10-12-3-2-11(9-15)8-13(12)14/h2-3,8H,4-7,10H2,1H3. The predicted molar refractivity (Wildman–Crippen MR) is 72.8 cm³/mol. The first-order chi connectivity index (χ1) is 9.40. The van der Waals surface area contributed by atoms with Gasteiger partial charge in [0, 0.05) is 38.3 Å². The van der Waals surface area contributed by atoms with Crippen LogP contribution in [0.1, 0.15) is 11.1 Å². The van der Waals surface area contributed by atoms with Gasteiger partial charge in [-0.25, -0.2) is 12.8 Å². The molecular weight excluding hydrogens is 281 g/mol. The molecule has 5 nitrogen and oxygen atoms in total. The molecule has 108 valence electrons. The molecule has 0 unspecified atom stereocenters. The summed E-state index contributed by atoms with van der Waals surface area (Å²) in [6.45, 7) is 2.43. The van der Waals surface area contributed by atoms with E-state index in [0.29, 0.717) is 43.9 Å². The van der Waals surface area contributed by atoms with Gasteiger partial charge in [0.05, 0.1) is 17.9 Å². The fraction of sp³-hybridized carbons (Fsp3) is 0.462. The number of sulfonamides is 1. The molecule has 2 rings (SSSR count). The van der Waals surface area contributed by atoms with Crippen molar-refractivity contribution in [2.45, 2.75) is 6.54 Å². The van der Waals surface area contributed by atoms with Crippen LogP contribution in [-0.2, 0) is 16.6 Å². The van der Waals surface area contributed by atoms with Crippen LogP contribution in [0.2, 0.25) is 0 Å². The van der Waals surface area contributed by atoms with Crippen molar-refractivity contribution < 1.29 is 12.8 Å². The van der Waals surface area contributed by atoms with Crippen LogP contribution in [-0.4, -0.2) is 50.1 Å². The van der Waals surface area contributed by atoms with Gasteiger partial charge in [-0.2, -0.15) is 9.57 Å². The lowest BCUT2D eigenvalue weighted by molar-refractivity contribution is 0.180. The Balaban J connectivity index is 1.98. The van der Waals surface area contributed by atoms with E-state index in [0.717, 1.165) is 0 Å². The topological polar surface area (TPSA) is 64.4 Å². The summed E-state index contributed by atoms with van der Waals surface area (Å²) in [5, 5.41) is 8.69. The van der Waals surface area contributed by atoms with Crippen molar-refractivity contribution in [3.63, 3.8) is 0 Å². The molecule has 1 aromatic rings.